The van der Waals surface area contributed by atoms with Gasteiger partial charge >= 0.3 is 0 Å². The molecule has 0 bridgehead atoms. The van der Waals surface area contributed by atoms with Crippen molar-refractivity contribution < 1.29 is 9.90 Å². The SMILES string of the molecule is C=CC(=O)NC(C)(CC)CCO. The molecule has 0 aliphatic heterocycles. The van der Waals surface area contributed by atoms with E-state index in [0.717, 1.165) is 6.42 Å². The lowest BCUT2D eigenvalue weighted by Crippen LogP contribution is -2.45. The summed E-state index contributed by atoms with van der Waals surface area (Å²) in [6.45, 7) is 7.33. The first-order valence-electron chi connectivity index (χ1n) is 4.13. The molecule has 3 heteroatoms. The van der Waals surface area contributed by atoms with Crippen molar-refractivity contribution in [1.29, 1.82) is 0 Å². The fraction of sp³-hybridized carbons (Fsp3) is 0.667. The second kappa shape index (κ2) is 4.93. The highest BCUT2D eigenvalue weighted by Gasteiger charge is 2.21. The summed E-state index contributed by atoms with van der Waals surface area (Å²) in [7, 11) is 0. The van der Waals surface area contributed by atoms with E-state index in [1.165, 1.54) is 6.08 Å². The van der Waals surface area contributed by atoms with Crippen molar-refractivity contribution in [2.75, 3.05) is 6.61 Å². The summed E-state index contributed by atoms with van der Waals surface area (Å²) in [4.78, 5) is 11.0. The molecule has 0 aliphatic rings. The lowest BCUT2D eigenvalue weighted by atomic mass is 9.95. The first kappa shape index (κ1) is 11.2. The second-order valence-electron chi connectivity index (χ2n) is 3.08. The Labute approximate surface area is 73.5 Å². The number of hydrogen-bond donors (Lipinski definition) is 2. The van der Waals surface area contributed by atoms with Crippen LogP contribution in [0.5, 0.6) is 0 Å². The Balaban J connectivity index is 4.12. The molecule has 3 nitrogen and oxygen atoms in total. The minimum atomic E-state index is -0.306. The van der Waals surface area contributed by atoms with Gasteiger partial charge in [0.2, 0.25) is 5.91 Å². The second-order valence-corrected chi connectivity index (χ2v) is 3.08. The van der Waals surface area contributed by atoms with Crippen molar-refractivity contribution in [2.45, 2.75) is 32.2 Å². The maximum atomic E-state index is 11.0. The third kappa shape index (κ3) is 3.53. The molecule has 0 aromatic heterocycles. The smallest absolute Gasteiger partial charge is 0.243 e. The Morgan fingerprint density at radius 3 is 2.67 bits per heavy atom. The van der Waals surface area contributed by atoms with Gasteiger partial charge in [-0.2, -0.15) is 0 Å². The number of carbonyl (C=O) groups is 1. The lowest BCUT2D eigenvalue weighted by Gasteiger charge is -2.28. The molecule has 0 spiro atoms. The largest absolute Gasteiger partial charge is 0.396 e. The van der Waals surface area contributed by atoms with E-state index in [1.807, 2.05) is 13.8 Å². The Bertz CT molecular complexity index is 168. The summed E-state index contributed by atoms with van der Waals surface area (Å²) in [6.07, 6.45) is 2.61. The van der Waals surface area contributed by atoms with E-state index in [4.69, 9.17) is 5.11 Å². The highest BCUT2D eigenvalue weighted by molar-refractivity contribution is 5.87. The van der Waals surface area contributed by atoms with Crippen LogP contribution >= 0.6 is 0 Å². The first-order valence-corrected chi connectivity index (χ1v) is 4.13. The van der Waals surface area contributed by atoms with Crippen LogP contribution in [0, 0.1) is 0 Å². The molecule has 1 unspecified atom stereocenters. The van der Waals surface area contributed by atoms with Crippen LogP contribution in [-0.4, -0.2) is 23.2 Å². The van der Waals surface area contributed by atoms with E-state index < -0.39 is 0 Å². The van der Waals surface area contributed by atoms with Crippen molar-refractivity contribution in [3.8, 4) is 0 Å². The number of nitrogens with one attached hydrogen (secondary N) is 1. The van der Waals surface area contributed by atoms with Crippen LogP contribution < -0.4 is 5.32 Å². The Morgan fingerprint density at radius 1 is 1.75 bits per heavy atom. The Morgan fingerprint density at radius 2 is 2.33 bits per heavy atom. The fourth-order valence-corrected chi connectivity index (χ4v) is 0.923. The molecule has 0 aromatic carbocycles. The van der Waals surface area contributed by atoms with Gasteiger partial charge < -0.3 is 10.4 Å². The zero-order chi connectivity index (χ0) is 9.61. The van der Waals surface area contributed by atoms with Gasteiger partial charge in [0.25, 0.3) is 0 Å². The van der Waals surface area contributed by atoms with Crippen LogP contribution in [0.25, 0.3) is 0 Å². The van der Waals surface area contributed by atoms with Crippen molar-refractivity contribution >= 4 is 5.91 Å². The van der Waals surface area contributed by atoms with Crippen LogP contribution in [0.1, 0.15) is 26.7 Å². The summed E-state index contributed by atoms with van der Waals surface area (Å²) >= 11 is 0. The third-order valence-corrected chi connectivity index (χ3v) is 2.05. The third-order valence-electron chi connectivity index (χ3n) is 2.05. The number of aliphatic hydroxyl groups is 1. The molecule has 1 amide bonds. The number of carbonyl (C=O) groups excluding carboxylic acids is 1. The van der Waals surface area contributed by atoms with Gasteiger partial charge in [-0.15, -0.1) is 0 Å². The van der Waals surface area contributed by atoms with E-state index in [1.54, 1.807) is 0 Å². The van der Waals surface area contributed by atoms with E-state index in [2.05, 4.69) is 11.9 Å². The molecule has 1 atom stereocenters. The molecule has 0 saturated heterocycles. The van der Waals surface area contributed by atoms with Gasteiger partial charge in [0.1, 0.15) is 0 Å². The normalized spacial score (nSPS) is 14.9. The molecular formula is C9H17NO2. The zero-order valence-corrected chi connectivity index (χ0v) is 7.76. The number of hydrogen-bond acceptors (Lipinski definition) is 2. The maximum Gasteiger partial charge on any atom is 0.243 e. The van der Waals surface area contributed by atoms with E-state index in [0.29, 0.717) is 6.42 Å². The number of aliphatic hydroxyl groups excluding tert-OH is 1. The van der Waals surface area contributed by atoms with Crippen molar-refractivity contribution in [3.05, 3.63) is 12.7 Å². The minimum absolute atomic E-state index is 0.0851. The van der Waals surface area contributed by atoms with Crippen LogP contribution in [0.2, 0.25) is 0 Å². The molecule has 0 saturated carbocycles. The van der Waals surface area contributed by atoms with E-state index in [-0.39, 0.29) is 18.1 Å². The average Bonchev–Trinajstić information content (AvgIpc) is 2.05. The van der Waals surface area contributed by atoms with Crippen molar-refractivity contribution in [3.63, 3.8) is 0 Å². The van der Waals surface area contributed by atoms with Gasteiger partial charge in [0, 0.05) is 12.1 Å². The Hall–Kier alpha value is -0.830. The van der Waals surface area contributed by atoms with Crippen LogP contribution in [0.15, 0.2) is 12.7 Å². The molecular weight excluding hydrogens is 154 g/mol. The van der Waals surface area contributed by atoms with Crippen LogP contribution in [0.4, 0.5) is 0 Å². The highest BCUT2D eigenvalue weighted by atomic mass is 16.3. The highest BCUT2D eigenvalue weighted by Crippen LogP contribution is 2.13. The van der Waals surface area contributed by atoms with Crippen LogP contribution in [0.3, 0.4) is 0 Å². The minimum Gasteiger partial charge on any atom is -0.396 e. The molecule has 12 heavy (non-hydrogen) atoms. The predicted octanol–water partition coefficient (Wildman–Crippen LogP) is 0.840. The standard InChI is InChI=1S/C9H17NO2/c1-4-8(12)10-9(3,5-2)6-7-11/h4,11H,1,5-7H2,2-3H3,(H,10,12). The first-order chi connectivity index (χ1) is 5.58. The summed E-state index contributed by atoms with van der Waals surface area (Å²) in [5.41, 5.74) is -0.306. The van der Waals surface area contributed by atoms with Gasteiger partial charge in [-0.25, -0.2) is 0 Å². The fourth-order valence-electron chi connectivity index (χ4n) is 0.923. The van der Waals surface area contributed by atoms with Crippen molar-refractivity contribution in [1.82, 2.24) is 5.32 Å². The van der Waals surface area contributed by atoms with Crippen molar-refractivity contribution in [2.24, 2.45) is 0 Å². The molecule has 0 aliphatic carbocycles. The van der Waals surface area contributed by atoms with Gasteiger partial charge in [0.15, 0.2) is 0 Å². The summed E-state index contributed by atoms with van der Waals surface area (Å²) < 4.78 is 0. The van der Waals surface area contributed by atoms with Crippen LogP contribution in [-0.2, 0) is 4.79 Å². The van der Waals surface area contributed by atoms with Gasteiger partial charge in [-0.3, -0.25) is 4.79 Å². The average molecular weight is 171 g/mol. The van der Waals surface area contributed by atoms with Gasteiger partial charge in [0.05, 0.1) is 0 Å². The molecule has 0 radical (unpaired) electrons. The molecule has 2 N–H and O–H groups in total. The quantitative estimate of drug-likeness (QED) is 0.602. The summed E-state index contributed by atoms with van der Waals surface area (Å²) in [6, 6.07) is 0. The molecule has 0 fully saturated rings. The Kier molecular flexibility index (Phi) is 4.59. The monoisotopic (exact) mass is 171 g/mol. The number of rotatable bonds is 5. The zero-order valence-electron chi connectivity index (χ0n) is 7.76. The summed E-state index contributed by atoms with van der Waals surface area (Å²) in [5.74, 6) is -0.187. The molecule has 0 aromatic rings. The summed E-state index contributed by atoms with van der Waals surface area (Å²) in [5, 5.41) is 11.5. The van der Waals surface area contributed by atoms with E-state index >= 15 is 0 Å². The number of amides is 1. The van der Waals surface area contributed by atoms with Gasteiger partial charge in [-0.1, -0.05) is 13.5 Å². The van der Waals surface area contributed by atoms with E-state index in [9.17, 15) is 4.79 Å². The maximum absolute atomic E-state index is 11.0. The van der Waals surface area contributed by atoms with Gasteiger partial charge in [-0.05, 0) is 25.8 Å². The lowest BCUT2D eigenvalue weighted by molar-refractivity contribution is -0.118. The molecule has 0 rings (SSSR count). The molecule has 0 heterocycles. The molecule has 70 valence electrons. The topological polar surface area (TPSA) is 49.3 Å². The predicted molar refractivity (Wildman–Crippen MR) is 48.7 cm³/mol.